The molecule has 0 unspecified atom stereocenters. The number of rotatable bonds is 6. The Morgan fingerprint density at radius 1 is 1.18 bits per heavy atom. The average molecular weight is 376 g/mol. The second-order valence-corrected chi connectivity index (χ2v) is 6.52. The van der Waals surface area contributed by atoms with Crippen molar-refractivity contribution in [2.24, 2.45) is 0 Å². The van der Waals surface area contributed by atoms with E-state index in [1.54, 1.807) is 7.11 Å². The molecule has 1 amide bonds. The summed E-state index contributed by atoms with van der Waals surface area (Å²) in [6.45, 7) is 0.438. The first-order valence-corrected chi connectivity index (χ1v) is 9.01. The summed E-state index contributed by atoms with van der Waals surface area (Å²) in [5, 5.41) is 7.11. The molecule has 4 aromatic rings. The van der Waals surface area contributed by atoms with Crippen molar-refractivity contribution in [3.63, 3.8) is 0 Å². The summed E-state index contributed by atoms with van der Waals surface area (Å²) >= 11 is 0. The number of nitrogens with zero attached hydrogens (tertiary/aromatic N) is 2. The van der Waals surface area contributed by atoms with Crippen molar-refractivity contribution < 1.29 is 9.53 Å². The van der Waals surface area contributed by atoms with Gasteiger partial charge < -0.3 is 10.1 Å². The molecule has 28 heavy (non-hydrogen) atoms. The number of methoxy groups -OCH3 is 1. The summed E-state index contributed by atoms with van der Waals surface area (Å²) in [6, 6.07) is 15.4. The van der Waals surface area contributed by atoms with Crippen LogP contribution in [0, 0.1) is 0 Å². The molecule has 0 aliphatic rings. The van der Waals surface area contributed by atoms with Gasteiger partial charge in [0, 0.05) is 18.1 Å². The SMILES string of the molecule is COc1ccc2ncc3c(=O)n(CC(=O)NCCc4ccccc4)[nH]c3c2c1. The predicted octanol–water partition coefficient (Wildman–Crippen LogP) is 2.25. The molecule has 0 atom stereocenters. The standard InChI is InChI=1S/C21H20N4O3/c1-28-15-7-8-18-16(11-15)20-17(12-23-18)21(27)25(24-20)13-19(26)22-10-9-14-5-3-2-4-6-14/h2-8,11-12,24H,9-10,13H2,1H3,(H,22,26). The van der Waals surface area contributed by atoms with Crippen molar-refractivity contribution in [3.8, 4) is 5.75 Å². The maximum absolute atomic E-state index is 12.6. The molecular formula is C21H20N4O3. The van der Waals surface area contributed by atoms with E-state index in [1.165, 1.54) is 10.9 Å². The Kier molecular flexibility index (Phi) is 4.80. The number of hydrogen-bond donors (Lipinski definition) is 2. The van der Waals surface area contributed by atoms with E-state index in [9.17, 15) is 9.59 Å². The number of carbonyl (C=O) groups excluding carboxylic acids is 1. The van der Waals surface area contributed by atoms with Crippen LogP contribution in [0.15, 0.2) is 59.5 Å². The van der Waals surface area contributed by atoms with Crippen LogP contribution in [0.1, 0.15) is 5.56 Å². The topological polar surface area (TPSA) is 89.0 Å². The minimum absolute atomic E-state index is 0.0756. The summed E-state index contributed by atoms with van der Waals surface area (Å²) < 4.78 is 6.57. The lowest BCUT2D eigenvalue weighted by atomic mass is 10.1. The van der Waals surface area contributed by atoms with E-state index in [-0.39, 0.29) is 18.0 Å². The van der Waals surface area contributed by atoms with Crippen molar-refractivity contribution in [2.45, 2.75) is 13.0 Å². The summed E-state index contributed by atoms with van der Waals surface area (Å²) in [4.78, 5) is 29.2. The van der Waals surface area contributed by atoms with Crippen LogP contribution in [-0.2, 0) is 17.8 Å². The van der Waals surface area contributed by atoms with Crippen LogP contribution in [0.25, 0.3) is 21.8 Å². The highest BCUT2D eigenvalue weighted by atomic mass is 16.5. The highest BCUT2D eigenvalue weighted by Gasteiger charge is 2.13. The Hall–Kier alpha value is -3.61. The second kappa shape index (κ2) is 7.56. The summed E-state index contributed by atoms with van der Waals surface area (Å²) in [6.07, 6.45) is 2.27. The third kappa shape index (κ3) is 3.46. The number of H-pyrrole nitrogens is 1. The fourth-order valence-corrected chi connectivity index (χ4v) is 3.21. The molecular weight excluding hydrogens is 356 g/mol. The molecule has 2 heterocycles. The molecule has 0 fully saturated rings. The Morgan fingerprint density at radius 2 is 2.00 bits per heavy atom. The fraction of sp³-hybridized carbons (Fsp3) is 0.190. The van der Waals surface area contributed by atoms with Crippen molar-refractivity contribution >= 4 is 27.7 Å². The van der Waals surface area contributed by atoms with Gasteiger partial charge in [0.05, 0.1) is 23.5 Å². The number of ether oxygens (including phenoxy) is 1. The highest BCUT2D eigenvalue weighted by Crippen LogP contribution is 2.24. The maximum atomic E-state index is 12.6. The molecule has 0 saturated heterocycles. The van der Waals surface area contributed by atoms with Crippen LogP contribution in [0.2, 0.25) is 0 Å². The number of aromatic amines is 1. The molecule has 0 aliphatic heterocycles. The molecule has 0 spiro atoms. The van der Waals surface area contributed by atoms with Gasteiger partial charge >= 0.3 is 0 Å². The predicted molar refractivity (Wildman–Crippen MR) is 108 cm³/mol. The first kappa shape index (κ1) is 17.8. The molecule has 7 nitrogen and oxygen atoms in total. The van der Waals surface area contributed by atoms with Gasteiger partial charge in [-0.3, -0.25) is 19.7 Å². The largest absolute Gasteiger partial charge is 0.497 e. The number of pyridine rings is 1. The minimum Gasteiger partial charge on any atom is -0.497 e. The maximum Gasteiger partial charge on any atom is 0.276 e. The zero-order valence-corrected chi connectivity index (χ0v) is 15.4. The summed E-state index contributed by atoms with van der Waals surface area (Å²) in [5.74, 6) is 0.452. The fourth-order valence-electron chi connectivity index (χ4n) is 3.21. The van der Waals surface area contributed by atoms with E-state index in [4.69, 9.17) is 4.74 Å². The number of nitrogens with one attached hydrogen (secondary N) is 2. The normalized spacial score (nSPS) is 11.0. The zero-order valence-electron chi connectivity index (χ0n) is 15.4. The van der Waals surface area contributed by atoms with Gasteiger partial charge in [0.2, 0.25) is 5.91 Å². The van der Waals surface area contributed by atoms with Crippen LogP contribution in [0.5, 0.6) is 5.75 Å². The zero-order chi connectivity index (χ0) is 19.5. The molecule has 4 rings (SSSR count). The van der Waals surface area contributed by atoms with Gasteiger partial charge in [-0.15, -0.1) is 0 Å². The van der Waals surface area contributed by atoms with Crippen LogP contribution in [0.3, 0.4) is 0 Å². The lowest BCUT2D eigenvalue weighted by Crippen LogP contribution is -2.32. The monoisotopic (exact) mass is 376 g/mol. The van der Waals surface area contributed by atoms with Gasteiger partial charge in [-0.1, -0.05) is 30.3 Å². The van der Waals surface area contributed by atoms with Crippen LogP contribution < -0.4 is 15.6 Å². The van der Waals surface area contributed by atoms with Gasteiger partial charge in [-0.2, -0.15) is 0 Å². The van der Waals surface area contributed by atoms with Crippen LogP contribution in [-0.4, -0.2) is 34.3 Å². The number of fused-ring (bicyclic) bond motifs is 3. The van der Waals surface area contributed by atoms with Gasteiger partial charge in [0.1, 0.15) is 12.3 Å². The molecule has 0 saturated carbocycles. The second-order valence-electron chi connectivity index (χ2n) is 6.52. The number of amides is 1. The molecule has 0 bridgehead atoms. The van der Waals surface area contributed by atoms with Crippen molar-refractivity contribution in [3.05, 3.63) is 70.6 Å². The Labute approximate surface area is 160 Å². The summed E-state index contributed by atoms with van der Waals surface area (Å²) in [7, 11) is 1.59. The average Bonchev–Trinajstić information content (AvgIpc) is 3.04. The van der Waals surface area contributed by atoms with Crippen molar-refractivity contribution in [1.82, 2.24) is 20.1 Å². The van der Waals surface area contributed by atoms with Crippen molar-refractivity contribution in [1.29, 1.82) is 0 Å². The third-order valence-corrected chi connectivity index (χ3v) is 4.68. The first-order chi connectivity index (χ1) is 13.7. The van der Waals surface area contributed by atoms with E-state index >= 15 is 0 Å². The first-order valence-electron chi connectivity index (χ1n) is 9.01. The van der Waals surface area contributed by atoms with E-state index < -0.39 is 0 Å². The van der Waals surface area contributed by atoms with Crippen LogP contribution >= 0.6 is 0 Å². The van der Waals surface area contributed by atoms with Gasteiger partial charge in [0.25, 0.3) is 5.56 Å². The molecule has 2 aromatic heterocycles. The number of carbonyl (C=O) groups is 1. The minimum atomic E-state index is -0.273. The molecule has 2 N–H and O–H groups in total. The number of benzene rings is 2. The Morgan fingerprint density at radius 3 is 2.79 bits per heavy atom. The molecule has 2 aromatic carbocycles. The quantitative estimate of drug-likeness (QED) is 0.540. The number of hydrogen-bond acceptors (Lipinski definition) is 4. The van der Waals surface area contributed by atoms with Crippen LogP contribution in [0.4, 0.5) is 0 Å². The molecule has 0 radical (unpaired) electrons. The van der Waals surface area contributed by atoms with E-state index in [1.807, 2.05) is 48.5 Å². The third-order valence-electron chi connectivity index (χ3n) is 4.68. The molecule has 142 valence electrons. The number of aromatic nitrogens is 3. The lowest BCUT2D eigenvalue weighted by Gasteiger charge is -2.05. The lowest BCUT2D eigenvalue weighted by molar-refractivity contribution is -0.121. The summed E-state index contributed by atoms with van der Waals surface area (Å²) in [5.41, 5.74) is 2.27. The van der Waals surface area contributed by atoms with Gasteiger partial charge in [-0.25, -0.2) is 4.68 Å². The molecule has 0 aliphatic carbocycles. The van der Waals surface area contributed by atoms with Gasteiger partial charge in [0.15, 0.2) is 0 Å². The smallest absolute Gasteiger partial charge is 0.276 e. The van der Waals surface area contributed by atoms with Gasteiger partial charge in [-0.05, 0) is 30.2 Å². The van der Waals surface area contributed by atoms with E-state index in [2.05, 4.69) is 15.4 Å². The Bertz CT molecular complexity index is 1190. The van der Waals surface area contributed by atoms with E-state index in [0.717, 1.165) is 22.9 Å². The molecule has 7 heteroatoms. The highest BCUT2D eigenvalue weighted by molar-refractivity contribution is 6.03. The Balaban J connectivity index is 1.53. The van der Waals surface area contributed by atoms with Crippen molar-refractivity contribution in [2.75, 3.05) is 13.7 Å². The van der Waals surface area contributed by atoms with E-state index in [0.29, 0.717) is 23.2 Å².